The number of sulfonamides is 1. The van der Waals surface area contributed by atoms with E-state index >= 15 is 0 Å². The van der Waals surface area contributed by atoms with E-state index in [9.17, 15) is 13.2 Å². The zero-order valence-corrected chi connectivity index (χ0v) is 16.0. The Bertz CT molecular complexity index is 862. The van der Waals surface area contributed by atoms with Crippen LogP contribution in [0.2, 0.25) is 0 Å². The molecule has 7 heteroatoms. The van der Waals surface area contributed by atoms with Crippen molar-refractivity contribution in [3.8, 4) is 5.75 Å². The molecular weight excluding hydrogens is 352 g/mol. The molecule has 0 fully saturated rings. The van der Waals surface area contributed by atoms with Gasteiger partial charge >= 0.3 is 0 Å². The number of carbonyl (C=O) groups excluding carboxylic acids is 1. The molecular formula is C19H24N2O4S. The number of aryl methyl sites for hydroxylation is 2. The van der Waals surface area contributed by atoms with Gasteiger partial charge in [0.05, 0.1) is 18.6 Å². The third-order valence-electron chi connectivity index (χ3n) is 3.96. The number of amides is 1. The molecule has 0 saturated heterocycles. The lowest BCUT2D eigenvalue weighted by atomic mass is 10.1. The smallest absolute Gasteiger partial charge is 0.232 e. The van der Waals surface area contributed by atoms with Gasteiger partial charge in [0, 0.05) is 12.1 Å². The van der Waals surface area contributed by atoms with E-state index in [1.807, 2.05) is 24.3 Å². The summed E-state index contributed by atoms with van der Waals surface area (Å²) >= 11 is 0. The van der Waals surface area contributed by atoms with Gasteiger partial charge in [-0.15, -0.1) is 0 Å². The molecule has 0 bridgehead atoms. The summed E-state index contributed by atoms with van der Waals surface area (Å²) in [6.45, 7) is 3.37. The van der Waals surface area contributed by atoms with E-state index < -0.39 is 10.0 Å². The molecule has 2 N–H and O–H groups in total. The molecule has 140 valence electrons. The van der Waals surface area contributed by atoms with E-state index in [4.69, 9.17) is 4.74 Å². The Balaban J connectivity index is 1.93. The molecule has 0 aliphatic carbocycles. The quantitative estimate of drug-likeness (QED) is 0.740. The fourth-order valence-corrected chi connectivity index (χ4v) is 3.08. The van der Waals surface area contributed by atoms with Gasteiger partial charge < -0.3 is 10.1 Å². The Hall–Kier alpha value is -2.54. The molecule has 0 atom stereocenters. The van der Waals surface area contributed by atoms with Crippen molar-refractivity contribution < 1.29 is 17.9 Å². The average Bonchev–Trinajstić information content (AvgIpc) is 2.62. The summed E-state index contributed by atoms with van der Waals surface area (Å²) in [5.41, 5.74) is 2.96. The van der Waals surface area contributed by atoms with Crippen LogP contribution in [0.5, 0.6) is 5.75 Å². The highest BCUT2D eigenvalue weighted by Crippen LogP contribution is 2.21. The highest BCUT2D eigenvalue weighted by atomic mass is 32.2. The van der Waals surface area contributed by atoms with Gasteiger partial charge in [0.1, 0.15) is 5.75 Å². The molecule has 0 aliphatic heterocycles. The Morgan fingerprint density at radius 2 is 1.81 bits per heavy atom. The monoisotopic (exact) mass is 376 g/mol. The normalized spacial score (nSPS) is 11.0. The standard InChI is InChI=1S/C19H24N2O4S/c1-4-26(23,24)21-18-11-8-16(13-14(18)2)20-19(22)12-7-15-5-9-17(25-3)10-6-15/h5-6,8-11,13,21H,4,7,12H2,1-3H3,(H,20,22). The highest BCUT2D eigenvalue weighted by Gasteiger charge is 2.10. The van der Waals surface area contributed by atoms with Crippen molar-refractivity contribution in [2.75, 3.05) is 22.9 Å². The highest BCUT2D eigenvalue weighted by molar-refractivity contribution is 7.92. The summed E-state index contributed by atoms with van der Waals surface area (Å²) in [7, 11) is -1.71. The lowest BCUT2D eigenvalue weighted by Crippen LogP contribution is -2.16. The van der Waals surface area contributed by atoms with Crippen LogP contribution in [0.15, 0.2) is 42.5 Å². The summed E-state index contributed by atoms with van der Waals surface area (Å²) < 4.78 is 30.9. The van der Waals surface area contributed by atoms with Crippen molar-refractivity contribution in [2.24, 2.45) is 0 Å². The number of benzene rings is 2. The third-order valence-corrected chi connectivity index (χ3v) is 5.25. The first-order valence-corrected chi connectivity index (χ1v) is 10.0. The first-order chi connectivity index (χ1) is 12.3. The van der Waals surface area contributed by atoms with Crippen LogP contribution in [-0.2, 0) is 21.2 Å². The van der Waals surface area contributed by atoms with E-state index in [1.54, 1.807) is 39.2 Å². The van der Waals surface area contributed by atoms with Gasteiger partial charge in [0.25, 0.3) is 0 Å². The molecule has 26 heavy (non-hydrogen) atoms. The van der Waals surface area contributed by atoms with Gasteiger partial charge in [-0.3, -0.25) is 9.52 Å². The zero-order valence-electron chi connectivity index (χ0n) is 15.2. The Kier molecular flexibility index (Phi) is 6.63. The Labute approximate surface area is 154 Å². The SMILES string of the molecule is CCS(=O)(=O)Nc1ccc(NC(=O)CCc2ccc(OC)cc2)cc1C. The number of ether oxygens (including phenoxy) is 1. The molecule has 0 radical (unpaired) electrons. The maximum atomic E-state index is 12.1. The van der Waals surface area contributed by atoms with Gasteiger partial charge in [-0.05, 0) is 61.7 Å². The van der Waals surface area contributed by atoms with Crippen LogP contribution in [0, 0.1) is 6.92 Å². The molecule has 0 unspecified atom stereocenters. The number of methoxy groups -OCH3 is 1. The lowest BCUT2D eigenvalue weighted by molar-refractivity contribution is -0.116. The van der Waals surface area contributed by atoms with Crippen molar-refractivity contribution in [1.82, 2.24) is 0 Å². The van der Waals surface area contributed by atoms with E-state index in [0.717, 1.165) is 16.9 Å². The molecule has 0 aliphatic rings. The maximum absolute atomic E-state index is 12.1. The predicted octanol–water partition coefficient (Wildman–Crippen LogP) is 3.34. The fraction of sp³-hybridized carbons (Fsp3) is 0.316. The lowest BCUT2D eigenvalue weighted by Gasteiger charge is -2.12. The van der Waals surface area contributed by atoms with Crippen LogP contribution in [0.4, 0.5) is 11.4 Å². The first kappa shape index (κ1) is 19.8. The van der Waals surface area contributed by atoms with Crippen LogP contribution in [0.1, 0.15) is 24.5 Å². The largest absolute Gasteiger partial charge is 0.497 e. The number of hydrogen-bond acceptors (Lipinski definition) is 4. The average molecular weight is 376 g/mol. The number of rotatable bonds is 8. The number of nitrogens with one attached hydrogen (secondary N) is 2. The van der Waals surface area contributed by atoms with Crippen LogP contribution in [-0.4, -0.2) is 27.2 Å². The fourth-order valence-electron chi connectivity index (χ4n) is 2.37. The van der Waals surface area contributed by atoms with Gasteiger partial charge in [-0.1, -0.05) is 12.1 Å². The van der Waals surface area contributed by atoms with Gasteiger partial charge in [-0.2, -0.15) is 0 Å². The summed E-state index contributed by atoms with van der Waals surface area (Å²) in [6.07, 6.45) is 0.985. The molecule has 0 spiro atoms. The molecule has 0 heterocycles. The van der Waals surface area contributed by atoms with Crippen LogP contribution < -0.4 is 14.8 Å². The van der Waals surface area contributed by atoms with E-state index in [-0.39, 0.29) is 11.7 Å². The number of carbonyl (C=O) groups is 1. The topological polar surface area (TPSA) is 84.5 Å². The van der Waals surface area contributed by atoms with Gasteiger partial charge in [0.2, 0.25) is 15.9 Å². The van der Waals surface area contributed by atoms with Gasteiger partial charge in [0.15, 0.2) is 0 Å². The molecule has 0 aromatic heterocycles. The third kappa shape index (κ3) is 5.77. The molecule has 1 amide bonds. The summed E-state index contributed by atoms with van der Waals surface area (Å²) in [5.74, 6) is 0.700. The van der Waals surface area contributed by atoms with Crippen LogP contribution in [0.3, 0.4) is 0 Å². The van der Waals surface area contributed by atoms with Crippen LogP contribution >= 0.6 is 0 Å². The van der Waals surface area contributed by atoms with Crippen molar-refractivity contribution in [3.63, 3.8) is 0 Å². The van der Waals surface area contributed by atoms with Crippen LogP contribution in [0.25, 0.3) is 0 Å². The first-order valence-electron chi connectivity index (χ1n) is 8.37. The maximum Gasteiger partial charge on any atom is 0.232 e. The van der Waals surface area contributed by atoms with E-state index in [2.05, 4.69) is 10.0 Å². The predicted molar refractivity (Wildman–Crippen MR) is 104 cm³/mol. The second kappa shape index (κ2) is 8.71. The molecule has 2 aromatic carbocycles. The van der Waals surface area contributed by atoms with Crippen molar-refractivity contribution in [1.29, 1.82) is 0 Å². The van der Waals surface area contributed by atoms with Crippen molar-refractivity contribution >= 4 is 27.3 Å². The zero-order chi connectivity index (χ0) is 19.2. The molecule has 0 saturated carbocycles. The summed E-state index contributed by atoms with van der Waals surface area (Å²) in [4.78, 5) is 12.1. The van der Waals surface area contributed by atoms with Crippen molar-refractivity contribution in [3.05, 3.63) is 53.6 Å². The van der Waals surface area contributed by atoms with Gasteiger partial charge in [-0.25, -0.2) is 8.42 Å². The summed E-state index contributed by atoms with van der Waals surface area (Å²) in [5, 5.41) is 2.84. The molecule has 6 nitrogen and oxygen atoms in total. The Morgan fingerprint density at radius 1 is 1.12 bits per heavy atom. The van der Waals surface area contributed by atoms with Crippen molar-refractivity contribution in [2.45, 2.75) is 26.7 Å². The minimum absolute atomic E-state index is 0.0102. The van der Waals surface area contributed by atoms with E-state index in [0.29, 0.717) is 24.2 Å². The second-order valence-corrected chi connectivity index (χ2v) is 7.94. The minimum Gasteiger partial charge on any atom is -0.497 e. The molecule has 2 aromatic rings. The second-order valence-electron chi connectivity index (χ2n) is 5.93. The molecule has 2 rings (SSSR count). The van der Waals surface area contributed by atoms with E-state index in [1.165, 1.54) is 0 Å². The number of hydrogen-bond donors (Lipinski definition) is 2. The summed E-state index contributed by atoms with van der Waals surface area (Å²) in [6, 6.07) is 12.7. The minimum atomic E-state index is -3.32. The Morgan fingerprint density at radius 3 is 2.38 bits per heavy atom. The number of anilines is 2.